The molecule has 0 unspecified atom stereocenters. The van der Waals surface area contributed by atoms with Crippen LogP contribution in [0.15, 0.2) is 23.0 Å². The zero-order valence-corrected chi connectivity index (χ0v) is 13.4. The molecule has 6 nitrogen and oxygen atoms in total. The molecule has 2 aliphatic rings. The van der Waals surface area contributed by atoms with Gasteiger partial charge in [-0.15, -0.1) is 0 Å². The summed E-state index contributed by atoms with van der Waals surface area (Å²) in [5, 5.41) is 0. The van der Waals surface area contributed by atoms with Crippen LogP contribution in [0.3, 0.4) is 0 Å². The normalized spacial score (nSPS) is 23.7. The molecule has 2 fully saturated rings. The third-order valence-electron chi connectivity index (χ3n) is 5.04. The summed E-state index contributed by atoms with van der Waals surface area (Å²) in [6.45, 7) is 7.11. The van der Waals surface area contributed by atoms with Crippen molar-refractivity contribution in [1.82, 2.24) is 19.8 Å². The van der Waals surface area contributed by atoms with E-state index in [0.717, 1.165) is 57.0 Å². The van der Waals surface area contributed by atoms with Crippen molar-refractivity contribution >= 4 is 11.0 Å². The molecule has 0 bridgehead atoms. The fraction of sp³-hybridized carbons (Fsp3) is 0.588. The van der Waals surface area contributed by atoms with E-state index >= 15 is 0 Å². The number of morpholine rings is 1. The first-order valence-electron chi connectivity index (χ1n) is 8.53. The third-order valence-corrected chi connectivity index (χ3v) is 5.04. The number of nitrogens with zero attached hydrogens (tertiary/aromatic N) is 2. The van der Waals surface area contributed by atoms with E-state index in [2.05, 4.69) is 31.9 Å². The highest BCUT2D eigenvalue weighted by Crippen LogP contribution is 2.22. The van der Waals surface area contributed by atoms with Crippen molar-refractivity contribution in [3.05, 3.63) is 34.2 Å². The van der Waals surface area contributed by atoms with Crippen molar-refractivity contribution in [3.8, 4) is 0 Å². The molecule has 6 heteroatoms. The largest absolute Gasteiger partial charge is 0.379 e. The summed E-state index contributed by atoms with van der Waals surface area (Å²) in [6, 6.07) is 6.84. The van der Waals surface area contributed by atoms with Crippen LogP contribution in [0.4, 0.5) is 0 Å². The van der Waals surface area contributed by atoms with Crippen molar-refractivity contribution < 1.29 is 4.74 Å². The van der Waals surface area contributed by atoms with Gasteiger partial charge in [0.05, 0.1) is 24.2 Å². The van der Waals surface area contributed by atoms with Gasteiger partial charge in [0.25, 0.3) is 0 Å². The predicted octanol–water partition coefficient (Wildman–Crippen LogP) is 1.15. The molecule has 0 aliphatic carbocycles. The summed E-state index contributed by atoms with van der Waals surface area (Å²) < 4.78 is 5.44. The molecule has 0 spiro atoms. The molecule has 0 saturated carbocycles. The second-order valence-electron chi connectivity index (χ2n) is 6.64. The Morgan fingerprint density at radius 1 is 1.13 bits per heavy atom. The topological polar surface area (TPSA) is 64.4 Å². The van der Waals surface area contributed by atoms with E-state index < -0.39 is 0 Å². The standard InChI is InChI=1S/C17H24N4O2/c22-17-18-15-4-3-13(10-16(15)19-17)11-21-5-1-2-14(21)12-20-6-8-23-9-7-20/h3-4,10,14H,1-2,5-9,11-12H2,(H2,18,19,22)/t14-/m0/s1. The monoisotopic (exact) mass is 316 g/mol. The highest BCUT2D eigenvalue weighted by Gasteiger charge is 2.27. The number of benzene rings is 1. The van der Waals surface area contributed by atoms with Gasteiger partial charge in [-0.3, -0.25) is 9.80 Å². The molecular formula is C17H24N4O2. The highest BCUT2D eigenvalue weighted by atomic mass is 16.5. The Bertz CT molecular complexity index is 717. The number of aromatic nitrogens is 2. The molecule has 23 heavy (non-hydrogen) atoms. The zero-order valence-electron chi connectivity index (χ0n) is 13.4. The highest BCUT2D eigenvalue weighted by molar-refractivity contribution is 5.74. The number of likely N-dealkylation sites (tertiary alicyclic amines) is 1. The van der Waals surface area contributed by atoms with E-state index in [1.165, 1.54) is 18.4 Å². The molecule has 2 saturated heterocycles. The SMILES string of the molecule is O=c1[nH]c2ccc(CN3CCC[C@H]3CN3CCOCC3)cc2[nH]1. The Kier molecular flexibility index (Phi) is 4.20. The summed E-state index contributed by atoms with van der Waals surface area (Å²) in [6.07, 6.45) is 2.55. The predicted molar refractivity (Wildman–Crippen MR) is 89.6 cm³/mol. The van der Waals surface area contributed by atoms with Crippen LogP contribution in [0.2, 0.25) is 0 Å². The maximum atomic E-state index is 11.4. The summed E-state index contributed by atoms with van der Waals surface area (Å²) in [4.78, 5) is 22.1. The number of nitrogens with one attached hydrogen (secondary N) is 2. The molecule has 3 heterocycles. The van der Waals surface area contributed by atoms with E-state index in [-0.39, 0.29) is 5.69 Å². The van der Waals surface area contributed by atoms with Gasteiger partial charge < -0.3 is 14.7 Å². The fourth-order valence-electron chi connectivity index (χ4n) is 3.80. The molecule has 0 amide bonds. The lowest BCUT2D eigenvalue weighted by Crippen LogP contribution is -2.44. The minimum Gasteiger partial charge on any atom is -0.379 e. The maximum absolute atomic E-state index is 11.4. The average Bonchev–Trinajstić information content (AvgIpc) is 3.14. The number of ether oxygens (including phenoxy) is 1. The van der Waals surface area contributed by atoms with Gasteiger partial charge in [0.2, 0.25) is 0 Å². The molecule has 2 aliphatic heterocycles. The van der Waals surface area contributed by atoms with Gasteiger partial charge in [-0.1, -0.05) is 6.07 Å². The van der Waals surface area contributed by atoms with E-state index in [0.29, 0.717) is 6.04 Å². The van der Waals surface area contributed by atoms with Crippen molar-refractivity contribution in [2.24, 2.45) is 0 Å². The molecule has 2 N–H and O–H groups in total. The summed E-state index contributed by atoms with van der Waals surface area (Å²) in [5.74, 6) is 0. The van der Waals surface area contributed by atoms with Gasteiger partial charge in [0.1, 0.15) is 0 Å². The molecule has 2 aromatic rings. The van der Waals surface area contributed by atoms with Crippen LogP contribution < -0.4 is 5.69 Å². The Hall–Kier alpha value is -1.63. The Balaban J connectivity index is 1.44. The molecule has 0 radical (unpaired) electrons. The summed E-state index contributed by atoms with van der Waals surface area (Å²) in [5.41, 5.74) is 2.91. The van der Waals surface area contributed by atoms with Crippen LogP contribution in [0.1, 0.15) is 18.4 Å². The van der Waals surface area contributed by atoms with Crippen molar-refractivity contribution in [1.29, 1.82) is 0 Å². The molecular weight excluding hydrogens is 292 g/mol. The van der Waals surface area contributed by atoms with Crippen LogP contribution in [-0.2, 0) is 11.3 Å². The van der Waals surface area contributed by atoms with Gasteiger partial charge in [0, 0.05) is 32.2 Å². The Labute approximate surface area is 135 Å². The molecule has 1 aromatic carbocycles. The van der Waals surface area contributed by atoms with Crippen molar-refractivity contribution in [2.45, 2.75) is 25.4 Å². The second-order valence-corrected chi connectivity index (χ2v) is 6.64. The number of hydrogen-bond acceptors (Lipinski definition) is 4. The molecule has 1 aromatic heterocycles. The lowest BCUT2D eigenvalue weighted by molar-refractivity contribution is 0.0262. The number of rotatable bonds is 4. The van der Waals surface area contributed by atoms with Crippen LogP contribution in [0.25, 0.3) is 11.0 Å². The minimum atomic E-state index is -0.136. The van der Waals surface area contributed by atoms with Gasteiger partial charge in [-0.05, 0) is 37.1 Å². The first-order chi connectivity index (χ1) is 11.3. The average molecular weight is 316 g/mol. The lowest BCUT2D eigenvalue weighted by atomic mass is 10.1. The minimum absolute atomic E-state index is 0.136. The fourth-order valence-corrected chi connectivity index (χ4v) is 3.80. The maximum Gasteiger partial charge on any atom is 0.323 e. The molecule has 1 atom stereocenters. The van der Waals surface area contributed by atoms with E-state index in [4.69, 9.17) is 4.74 Å². The molecule has 4 rings (SSSR count). The second kappa shape index (κ2) is 6.47. The summed E-state index contributed by atoms with van der Waals surface area (Å²) in [7, 11) is 0. The zero-order chi connectivity index (χ0) is 15.6. The van der Waals surface area contributed by atoms with Crippen LogP contribution in [0.5, 0.6) is 0 Å². The number of imidazole rings is 1. The Morgan fingerprint density at radius 3 is 2.83 bits per heavy atom. The number of fused-ring (bicyclic) bond motifs is 1. The van der Waals surface area contributed by atoms with Crippen molar-refractivity contribution in [3.63, 3.8) is 0 Å². The molecule has 124 valence electrons. The lowest BCUT2D eigenvalue weighted by Gasteiger charge is -2.33. The third kappa shape index (κ3) is 3.34. The number of H-pyrrole nitrogens is 2. The van der Waals surface area contributed by atoms with Crippen LogP contribution in [-0.4, -0.2) is 65.2 Å². The van der Waals surface area contributed by atoms with Gasteiger partial charge >= 0.3 is 5.69 Å². The van der Waals surface area contributed by atoms with Crippen LogP contribution in [0, 0.1) is 0 Å². The van der Waals surface area contributed by atoms with Gasteiger partial charge in [0.15, 0.2) is 0 Å². The van der Waals surface area contributed by atoms with E-state index in [1.807, 2.05) is 6.07 Å². The van der Waals surface area contributed by atoms with E-state index in [9.17, 15) is 4.79 Å². The quantitative estimate of drug-likeness (QED) is 0.888. The van der Waals surface area contributed by atoms with Gasteiger partial charge in [-0.25, -0.2) is 4.79 Å². The first kappa shape index (κ1) is 14.9. The number of hydrogen-bond donors (Lipinski definition) is 2. The van der Waals surface area contributed by atoms with Crippen LogP contribution >= 0.6 is 0 Å². The van der Waals surface area contributed by atoms with Gasteiger partial charge in [-0.2, -0.15) is 0 Å². The number of aromatic amines is 2. The Morgan fingerprint density at radius 2 is 1.96 bits per heavy atom. The van der Waals surface area contributed by atoms with Crippen molar-refractivity contribution in [2.75, 3.05) is 39.4 Å². The smallest absolute Gasteiger partial charge is 0.323 e. The summed E-state index contributed by atoms with van der Waals surface area (Å²) >= 11 is 0. The first-order valence-corrected chi connectivity index (χ1v) is 8.53. The van der Waals surface area contributed by atoms with E-state index in [1.54, 1.807) is 0 Å².